The van der Waals surface area contributed by atoms with Gasteiger partial charge in [-0.2, -0.15) is 11.3 Å². The number of carbonyl (C=O) groups is 1. The second kappa shape index (κ2) is 5.15. The lowest BCUT2D eigenvalue weighted by molar-refractivity contribution is 0.0993. The predicted molar refractivity (Wildman–Crippen MR) is 70.1 cm³/mol. The van der Waals surface area contributed by atoms with Crippen molar-refractivity contribution in [1.82, 2.24) is 0 Å². The van der Waals surface area contributed by atoms with Crippen molar-refractivity contribution < 1.29 is 9.53 Å². The number of benzene rings is 1. The highest BCUT2D eigenvalue weighted by Crippen LogP contribution is 2.20. The van der Waals surface area contributed by atoms with Crippen LogP contribution in [0, 0.1) is 6.92 Å². The van der Waals surface area contributed by atoms with Crippen LogP contribution in [0.25, 0.3) is 0 Å². The van der Waals surface area contributed by atoms with E-state index in [1.165, 1.54) is 0 Å². The molecule has 0 spiro atoms. The highest BCUT2D eigenvalue weighted by Gasteiger charge is 2.09. The van der Waals surface area contributed by atoms with Crippen molar-refractivity contribution in [2.24, 2.45) is 0 Å². The zero-order valence-corrected chi connectivity index (χ0v) is 10.7. The average Bonchev–Trinajstić information content (AvgIpc) is 2.81. The van der Waals surface area contributed by atoms with Gasteiger partial charge in [0, 0.05) is 12.0 Å². The second-order valence-electron chi connectivity index (χ2n) is 3.92. The van der Waals surface area contributed by atoms with E-state index in [-0.39, 0.29) is 5.78 Å². The minimum absolute atomic E-state index is 0.147. The number of ether oxygens (including phenoxy) is 1. The van der Waals surface area contributed by atoms with E-state index in [0.29, 0.717) is 6.42 Å². The molecule has 0 atom stereocenters. The summed E-state index contributed by atoms with van der Waals surface area (Å²) in [6.45, 7) is 1.94. The molecule has 0 aliphatic rings. The van der Waals surface area contributed by atoms with Gasteiger partial charge in [-0.3, -0.25) is 4.79 Å². The third-order valence-corrected chi connectivity index (χ3v) is 3.39. The molecule has 0 fully saturated rings. The number of thiophene rings is 1. The Bertz CT molecular complexity index is 515. The molecule has 0 bridgehead atoms. The molecule has 0 radical (unpaired) electrons. The number of methoxy groups -OCH3 is 1. The lowest BCUT2D eigenvalue weighted by Crippen LogP contribution is -2.03. The Morgan fingerprint density at radius 1 is 1.35 bits per heavy atom. The van der Waals surface area contributed by atoms with E-state index < -0.39 is 0 Å². The van der Waals surface area contributed by atoms with Gasteiger partial charge in [0.1, 0.15) is 5.75 Å². The summed E-state index contributed by atoms with van der Waals surface area (Å²) in [5, 5.41) is 4.00. The van der Waals surface area contributed by atoms with Crippen LogP contribution in [0.5, 0.6) is 5.75 Å². The van der Waals surface area contributed by atoms with Gasteiger partial charge in [-0.15, -0.1) is 0 Å². The van der Waals surface area contributed by atoms with E-state index >= 15 is 0 Å². The summed E-state index contributed by atoms with van der Waals surface area (Å²) in [6.07, 6.45) is 0.468. The summed E-state index contributed by atoms with van der Waals surface area (Å²) in [5.74, 6) is 0.964. The number of ketones is 1. The first-order valence-corrected chi connectivity index (χ1v) is 6.34. The fraction of sp³-hybridized carbons (Fsp3) is 0.214. The standard InChI is InChI=1S/C14H14O2S/c1-10-7-12(3-4-14(10)16-2)13(15)8-11-5-6-17-9-11/h3-7,9H,8H2,1-2H3. The van der Waals surface area contributed by atoms with Crippen molar-refractivity contribution in [3.8, 4) is 5.75 Å². The number of hydrogen-bond donors (Lipinski definition) is 0. The molecule has 0 saturated carbocycles. The van der Waals surface area contributed by atoms with Gasteiger partial charge < -0.3 is 4.74 Å². The van der Waals surface area contributed by atoms with Crippen LogP contribution in [-0.2, 0) is 6.42 Å². The molecule has 2 aromatic rings. The molecule has 1 aromatic carbocycles. The van der Waals surface area contributed by atoms with E-state index in [1.54, 1.807) is 18.4 Å². The first kappa shape index (κ1) is 11.9. The minimum atomic E-state index is 0.147. The molecular formula is C14H14O2S. The molecule has 0 amide bonds. The maximum atomic E-state index is 12.0. The van der Waals surface area contributed by atoms with Gasteiger partial charge in [0.2, 0.25) is 0 Å². The van der Waals surface area contributed by atoms with E-state index in [4.69, 9.17) is 4.74 Å². The van der Waals surface area contributed by atoms with Crippen molar-refractivity contribution in [2.45, 2.75) is 13.3 Å². The van der Waals surface area contributed by atoms with Crippen LogP contribution < -0.4 is 4.74 Å². The van der Waals surface area contributed by atoms with Gasteiger partial charge in [0.15, 0.2) is 5.78 Å². The van der Waals surface area contributed by atoms with Crippen LogP contribution in [0.15, 0.2) is 35.0 Å². The van der Waals surface area contributed by atoms with Gasteiger partial charge in [-0.25, -0.2) is 0 Å². The van der Waals surface area contributed by atoms with Crippen molar-refractivity contribution in [2.75, 3.05) is 7.11 Å². The van der Waals surface area contributed by atoms with Crippen LogP contribution in [-0.4, -0.2) is 12.9 Å². The molecule has 2 nitrogen and oxygen atoms in total. The van der Waals surface area contributed by atoms with Gasteiger partial charge in [-0.1, -0.05) is 0 Å². The average molecular weight is 246 g/mol. The zero-order valence-electron chi connectivity index (χ0n) is 9.90. The van der Waals surface area contributed by atoms with Crippen LogP contribution in [0.3, 0.4) is 0 Å². The normalized spacial score (nSPS) is 10.2. The monoisotopic (exact) mass is 246 g/mol. The molecule has 88 valence electrons. The van der Waals surface area contributed by atoms with Gasteiger partial charge >= 0.3 is 0 Å². The number of Topliss-reactive ketones (excluding diaryl/α,β-unsaturated/α-hetero) is 1. The molecule has 0 aliphatic carbocycles. The first-order valence-electron chi connectivity index (χ1n) is 5.39. The van der Waals surface area contributed by atoms with Crippen molar-refractivity contribution in [3.63, 3.8) is 0 Å². The topological polar surface area (TPSA) is 26.3 Å². The Kier molecular flexibility index (Phi) is 3.59. The molecule has 0 N–H and O–H groups in total. The smallest absolute Gasteiger partial charge is 0.167 e. The Balaban J connectivity index is 2.17. The molecule has 17 heavy (non-hydrogen) atoms. The fourth-order valence-corrected chi connectivity index (χ4v) is 2.40. The van der Waals surface area contributed by atoms with E-state index in [2.05, 4.69) is 0 Å². The van der Waals surface area contributed by atoms with Crippen molar-refractivity contribution in [1.29, 1.82) is 0 Å². The first-order chi connectivity index (χ1) is 8.20. The summed E-state index contributed by atoms with van der Waals surface area (Å²) in [5.41, 5.74) is 2.81. The fourth-order valence-electron chi connectivity index (χ4n) is 1.73. The SMILES string of the molecule is COc1ccc(C(=O)Cc2ccsc2)cc1C. The highest BCUT2D eigenvalue weighted by atomic mass is 32.1. The predicted octanol–water partition coefficient (Wildman–Crippen LogP) is 3.49. The summed E-state index contributed by atoms with van der Waals surface area (Å²) >= 11 is 1.61. The van der Waals surface area contributed by atoms with Crippen LogP contribution >= 0.6 is 11.3 Å². The molecule has 0 unspecified atom stereocenters. The molecule has 0 saturated heterocycles. The summed E-state index contributed by atoms with van der Waals surface area (Å²) in [7, 11) is 1.63. The lowest BCUT2D eigenvalue weighted by Gasteiger charge is -2.06. The van der Waals surface area contributed by atoms with Crippen LogP contribution in [0.4, 0.5) is 0 Å². The minimum Gasteiger partial charge on any atom is -0.496 e. The van der Waals surface area contributed by atoms with Gasteiger partial charge in [-0.05, 0) is 53.1 Å². The molecular weight excluding hydrogens is 232 g/mol. The molecule has 1 heterocycles. The van der Waals surface area contributed by atoms with Crippen LogP contribution in [0.1, 0.15) is 21.5 Å². The maximum Gasteiger partial charge on any atom is 0.167 e. The quantitative estimate of drug-likeness (QED) is 0.772. The van der Waals surface area contributed by atoms with Crippen molar-refractivity contribution >= 4 is 17.1 Å². The summed E-state index contributed by atoms with van der Waals surface area (Å²) < 4.78 is 5.18. The van der Waals surface area contributed by atoms with E-state index in [1.807, 2.05) is 41.9 Å². The third-order valence-electron chi connectivity index (χ3n) is 2.66. The van der Waals surface area contributed by atoms with Crippen molar-refractivity contribution in [3.05, 3.63) is 51.7 Å². The number of aryl methyl sites for hydroxylation is 1. The lowest BCUT2D eigenvalue weighted by atomic mass is 10.0. The Morgan fingerprint density at radius 2 is 2.18 bits per heavy atom. The summed E-state index contributed by atoms with van der Waals surface area (Å²) in [4.78, 5) is 12.0. The highest BCUT2D eigenvalue weighted by molar-refractivity contribution is 7.08. The molecule has 1 aromatic heterocycles. The van der Waals surface area contributed by atoms with Crippen LogP contribution in [0.2, 0.25) is 0 Å². The van der Waals surface area contributed by atoms with Gasteiger partial charge in [0.05, 0.1) is 7.11 Å². The summed E-state index contributed by atoms with van der Waals surface area (Å²) in [6, 6.07) is 7.53. The van der Waals surface area contributed by atoms with E-state index in [0.717, 1.165) is 22.4 Å². The number of carbonyl (C=O) groups excluding carboxylic acids is 1. The largest absolute Gasteiger partial charge is 0.496 e. The molecule has 0 aliphatic heterocycles. The number of hydrogen-bond acceptors (Lipinski definition) is 3. The number of rotatable bonds is 4. The Hall–Kier alpha value is -1.61. The van der Waals surface area contributed by atoms with Gasteiger partial charge in [0.25, 0.3) is 0 Å². The Morgan fingerprint density at radius 3 is 2.76 bits per heavy atom. The maximum absolute atomic E-state index is 12.0. The third kappa shape index (κ3) is 2.74. The molecule has 2 rings (SSSR count). The zero-order chi connectivity index (χ0) is 12.3. The Labute approximate surface area is 105 Å². The molecule has 3 heteroatoms. The van der Waals surface area contributed by atoms with E-state index in [9.17, 15) is 4.79 Å². The second-order valence-corrected chi connectivity index (χ2v) is 4.70.